The molecule has 1 aromatic rings. The summed E-state index contributed by atoms with van der Waals surface area (Å²) in [7, 11) is 0. The Morgan fingerprint density at radius 3 is 2.60 bits per heavy atom. The second kappa shape index (κ2) is 6.70. The smallest absolute Gasteiger partial charge is 0.227 e. The first kappa shape index (κ1) is 17.8. The van der Waals surface area contributed by atoms with Crippen molar-refractivity contribution in [1.29, 1.82) is 0 Å². The molecule has 5 heteroatoms. The number of phenolic OH excluding ortho intramolecular Hbond substituents is 1. The number of benzene rings is 1. The maximum absolute atomic E-state index is 13.0. The molecule has 25 heavy (non-hydrogen) atoms. The van der Waals surface area contributed by atoms with Crippen molar-refractivity contribution in [1.82, 2.24) is 9.80 Å². The van der Waals surface area contributed by atoms with Gasteiger partial charge in [-0.05, 0) is 42.5 Å². The topological polar surface area (TPSA) is 60.9 Å². The van der Waals surface area contributed by atoms with Gasteiger partial charge in [0.15, 0.2) is 0 Å². The lowest BCUT2D eigenvalue weighted by Gasteiger charge is -2.38. The third-order valence-corrected chi connectivity index (χ3v) is 5.21. The largest absolute Gasteiger partial charge is 0.508 e. The highest BCUT2D eigenvalue weighted by atomic mass is 16.3. The Morgan fingerprint density at radius 1 is 1.12 bits per heavy atom. The molecule has 0 spiro atoms. The number of aromatic hydroxyl groups is 1. The van der Waals surface area contributed by atoms with Crippen LogP contribution in [0.3, 0.4) is 0 Å². The number of carbonyl (C=O) groups excluding carboxylic acids is 2. The standard InChI is InChI=1S/C20H28N2O3/c1-20(2,3)19(25)22-9-4-5-15(12-22)18(24)21-10-8-14-6-7-17(23)11-16(14)13-21/h6-7,11,15,23H,4-5,8-10,12-13H2,1-3H3. The number of hydrogen-bond acceptors (Lipinski definition) is 3. The molecule has 3 rings (SSSR count). The third kappa shape index (κ3) is 3.80. The molecule has 5 nitrogen and oxygen atoms in total. The molecule has 0 aromatic heterocycles. The van der Waals surface area contributed by atoms with Crippen LogP contribution in [0.4, 0.5) is 0 Å². The molecule has 136 valence electrons. The third-order valence-electron chi connectivity index (χ3n) is 5.21. The van der Waals surface area contributed by atoms with E-state index < -0.39 is 5.41 Å². The normalized spacial score (nSPS) is 21.0. The molecule has 0 saturated carbocycles. The predicted octanol–water partition coefficient (Wildman–Crippen LogP) is 2.56. The Labute approximate surface area is 149 Å². The molecule has 2 heterocycles. The molecule has 1 aromatic carbocycles. The zero-order valence-corrected chi connectivity index (χ0v) is 15.4. The van der Waals surface area contributed by atoms with Gasteiger partial charge in [-0.1, -0.05) is 26.8 Å². The maximum atomic E-state index is 13.0. The van der Waals surface area contributed by atoms with Gasteiger partial charge in [-0.2, -0.15) is 0 Å². The zero-order valence-electron chi connectivity index (χ0n) is 15.4. The van der Waals surface area contributed by atoms with Crippen molar-refractivity contribution >= 4 is 11.8 Å². The predicted molar refractivity (Wildman–Crippen MR) is 96.0 cm³/mol. The van der Waals surface area contributed by atoms with E-state index in [0.717, 1.165) is 31.4 Å². The Bertz CT molecular complexity index is 678. The van der Waals surface area contributed by atoms with Crippen molar-refractivity contribution in [2.24, 2.45) is 11.3 Å². The summed E-state index contributed by atoms with van der Waals surface area (Å²) >= 11 is 0. The number of fused-ring (bicyclic) bond motifs is 1. The van der Waals surface area contributed by atoms with Gasteiger partial charge < -0.3 is 14.9 Å². The highest BCUT2D eigenvalue weighted by molar-refractivity contribution is 5.84. The number of likely N-dealkylation sites (tertiary alicyclic amines) is 1. The summed E-state index contributed by atoms with van der Waals surface area (Å²) in [6, 6.07) is 5.40. The zero-order chi connectivity index (χ0) is 18.2. The fourth-order valence-electron chi connectivity index (χ4n) is 3.83. The average molecular weight is 344 g/mol. The van der Waals surface area contributed by atoms with Crippen LogP contribution in [0.5, 0.6) is 5.75 Å². The summed E-state index contributed by atoms with van der Waals surface area (Å²) in [4.78, 5) is 29.3. The van der Waals surface area contributed by atoms with Gasteiger partial charge in [-0.15, -0.1) is 0 Å². The van der Waals surface area contributed by atoms with E-state index in [1.54, 1.807) is 12.1 Å². The quantitative estimate of drug-likeness (QED) is 0.852. The Balaban J connectivity index is 1.68. The van der Waals surface area contributed by atoms with E-state index in [0.29, 0.717) is 19.6 Å². The van der Waals surface area contributed by atoms with Crippen LogP contribution in [0.2, 0.25) is 0 Å². The molecule has 1 unspecified atom stereocenters. The SMILES string of the molecule is CC(C)(C)C(=O)N1CCCC(C(=O)N2CCc3ccc(O)cc3C2)C1. The number of carbonyl (C=O) groups is 2. The minimum atomic E-state index is -0.410. The first-order valence-electron chi connectivity index (χ1n) is 9.14. The summed E-state index contributed by atoms with van der Waals surface area (Å²) in [6.45, 7) is 8.31. The molecule has 1 saturated heterocycles. The summed E-state index contributed by atoms with van der Waals surface area (Å²) in [5.41, 5.74) is 1.82. The van der Waals surface area contributed by atoms with Crippen LogP contribution in [0.1, 0.15) is 44.7 Å². The molecule has 1 atom stereocenters. The molecule has 0 radical (unpaired) electrons. The highest BCUT2D eigenvalue weighted by Gasteiger charge is 2.35. The second-order valence-electron chi connectivity index (χ2n) is 8.30. The number of hydrogen-bond donors (Lipinski definition) is 1. The molecule has 2 aliphatic heterocycles. The second-order valence-corrected chi connectivity index (χ2v) is 8.30. The highest BCUT2D eigenvalue weighted by Crippen LogP contribution is 2.28. The Kier molecular flexibility index (Phi) is 4.76. The summed E-state index contributed by atoms with van der Waals surface area (Å²) in [5.74, 6) is 0.394. The molecule has 2 amide bonds. The van der Waals surface area contributed by atoms with Crippen LogP contribution < -0.4 is 0 Å². The van der Waals surface area contributed by atoms with Crippen LogP contribution in [0.25, 0.3) is 0 Å². The molecule has 1 fully saturated rings. The van der Waals surface area contributed by atoms with Gasteiger partial charge in [-0.3, -0.25) is 9.59 Å². The lowest BCUT2D eigenvalue weighted by atomic mass is 9.90. The fourth-order valence-corrected chi connectivity index (χ4v) is 3.83. The molecular weight excluding hydrogens is 316 g/mol. The van der Waals surface area contributed by atoms with E-state index in [9.17, 15) is 14.7 Å². The van der Waals surface area contributed by atoms with Crippen LogP contribution in [0, 0.1) is 11.3 Å². The Morgan fingerprint density at radius 2 is 1.88 bits per heavy atom. The van der Waals surface area contributed by atoms with E-state index in [4.69, 9.17) is 0 Å². The van der Waals surface area contributed by atoms with Gasteiger partial charge in [0.2, 0.25) is 11.8 Å². The van der Waals surface area contributed by atoms with Crippen LogP contribution >= 0.6 is 0 Å². The van der Waals surface area contributed by atoms with E-state index in [-0.39, 0.29) is 23.5 Å². The number of amides is 2. The first-order chi connectivity index (χ1) is 11.8. The van der Waals surface area contributed by atoms with E-state index in [2.05, 4.69) is 0 Å². The van der Waals surface area contributed by atoms with Crippen LogP contribution in [-0.2, 0) is 22.6 Å². The first-order valence-corrected chi connectivity index (χ1v) is 9.14. The van der Waals surface area contributed by atoms with Crippen LogP contribution in [0.15, 0.2) is 18.2 Å². The van der Waals surface area contributed by atoms with E-state index >= 15 is 0 Å². The molecule has 2 aliphatic rings. The van der Waals surface area contributed by atoms with Gasteiger partial charge in [0, 0.05) is 31.6 Å². The van der Waals surface area contributed by atoms with E-state index in [1.807, 2.05) is 36.6 Å². The molecule has 1 N–H and O–H groups in total. The van der Waals surface area contributed by atoms with Crippen molar-refractivity contribution in [3.63, 3.8) is 0 Å². The van der Waals surface area contributed by atoms with Crippen LogP contribution in [-0.4, -0.2) is 46.4 Å². The van der Waals surface area contributed by atoms with Gasteiger partial charge in [-0.25, -0.2) is 0 Å². The van der Waals surface area contributed by atoms with Gasteiger partial charge in [0.1, 0.15) is 5.75 Å². The summed E-state index contributed by atoms with van der Waals surface area (Å²) in [6.07, 6.45) is 2.54. The Hall–Kier alpha value is -2.04. The molecular formula is C20H28N2O3. The van der Waals surface area contributed by atoms with E-state index in [1.165, 1.54) is 5.56 Å². The van der Waals surface area contributed by atoms with Crippen molar-refractivity contribution in [3.8, 4) is 5.75 Å². The monoisotopic (exact) mass is 344 g/mol. The summed E-state index contributed by atoms with van der Waals surface area (Å²) < 4.78 is 0. The minimum Gasteiger partial charge on any atom is -0.508 e. The number of piperidine rings is 1. The lowest BCUT2D eigenvalue weighted by Crippen LogP contribution is -2.50. The van der Waals surface area contributed by atoms with Gasteiger partial charge in [0.05, 0.1) is 5.92 Å². The van der Waals surface area contributed by atoms with Crippen molar-refractivity contribution in [2.45, 2.75) is 46.6 Å². The maximum Gasteiger partial charge on any atom is 0.227 e. The van der Waals surface area contributed by atoms with Crippen molar-refractivity contribution in [3.05, 3.63) is 29.3 Å². The number of phenols is 1. The number of nitrogens with zero attached hydrogens (tertiary/aromatic N) is 2. The van der Waals surface area contributed by atoms with Crippen molar-refractivity contribution in [2.75, 3.05) is 19.6 Å². The van der Waals surface area contributed by atoms with Gasteiger partial charge in [0.25, 0.3) is 0 Å². The molecule has 0 aliphatic carbocycles. The lowest BCUT2D eigenvalue weighted by molar-refractivity contribution is -0.145. The number of rotatable bonds is 1. The fraction of sp³-hybridized carbons (Fsp3) is 0.600. The minimum absolute atomic E-state index is 0.112. The van der Waals surface area contributed by atoms with Crippen molar-refractivity contribution < 1.29 is 14.7 Å². The molecule has 0 bridgehead atoms. The summed E-state index contributed by atoms with van der Waals surface area (Å²) in [5, 5.41) is 9.69. The van der Waals surface area contributed by atoms with Gasteiger partial charge >= 0.3 is 0 Å². The average Bonchev–Trinajstić information content (AvgIpc) is 2.59.